The van der Waals surface area contributed by atoms with Gasteiger partial charge >= 0.3 is 0 Å². The zero-order chi connectivity index (χ0) is 11.0. The Morgan fingerprint density at radius 1 is 0.929 bits per heavy atom. The molecule has 0 aliphatic rings. The minimum Gasteiger partial charge on any atom is -0.300 e. The highest BCUT2D eigenvalue weighted by atomic mass is 16.1. The summed E-state index contributed by atoms with van der Waals surface area (Å²) in [6.45, 7) is 3.41. The SMILES string of the molecule is CCCCC(=O)CCC(=O)CC(C)=O. The summed E-state index contributed by atoms with van der Waals surface area (Å²) in [5.41, 5.74) is 0. The molecular formula is C11H18O3. The second-order valence-electron chi connectivity index (χ2n) is 3.56. The van der Waals surface area contributed by atoms with Crippen molar-refractivity contribution in [1.29, 1.82) is 0 Å². The van der Waals surface area contributed by atoms with Crippen molar-refractivity contribution >= 4 is 17.3 Å². The molecule has 0 aliphatic carbocycles. The van der Waals surface area contributed by atoms with E-state index in [0.29, 0.717) is 12.8 Å². The second-order valence-corrected chi connectivity index (χ2v) is 3.56. The molecule has 0 radical (unpaired) electrons. The molecule has 3 heteroatoms. The zero-order valence-electron chi connectivity index (χ0n) is 8.97. The van der Waals surface area contributed by atoms with Gasteiger partial charge < -0.3 is 0 Å². The monoisotopic (exact) mass is 198 g/mol. The molecule has 0 rings (SSSR count). The summed E-state index contributed by atoms with van der Waals surface area (Å²) in [5.74, 6) is -0.123. The highest BCUT2D eigenvalue weighted by Gasteiger charge is 2.08. The molecule has 0 amide bonds. The zero-order valence-corrected chi connectivity index (χ0v) is 8.97. The molecule has 0 aromatic carbocycles. The van der Waals surface area contributed by atoms with Gasteiger partial charge in [-0.15, -0.1) is 0 Å². The molecule has 0 atom stereocenters. The van der Waals surface area contributed by atoms with Gasteiger partial charge in [0.15, 0.2) is 0 Å². The summed E-state index contributed by atoms with van der Waals surface area (Å²) in [4.78, 5) is 32.8. The lowest BCUT2D eigenvalue weighted by molar-refractivity contribution is -0.128. The van der Waals surface area contributed by atoms with Crippen LogP contribution in [0.2, 0.25) is 0 Å². The fraction of sp³-hybridized carbons (Fsp3) is 0.727. The Bertz CT molecular complexity index is 219. The van der Waals surface area contributed by atoms with Crippen LogP contribution in [0.4, 0.5) is 0 Å². The van der Waals surface area contributed by atoms with Crippen molar-refractivity contribution in [2.75, 3.05) is 0 Å². The maximum atomic E-state index is 11.2. The largest absolute Gasteiger partial charge is 0.300 e. The molecule has 0 N–H and O–H groups in total. The van der Waals surface area contributed by atoms with Crippen molar-refractivity contribution in [3.05, 3.63) is 0 Å². The van der Waals surface area contributed by atoms with Crippen molar-refractivity contribution in [3.63, 3.8) is 0 Å². The molecule has 0 saturated heterocycles. The Kier molecular flexibility index (Phi) is 6.89. The molecule has 0 saturated carbocycles. The molecular weight excluding hydrogens is 180 g/mol. The minimum atomic E-state index is -0.129. The maximum absolute atomic E-state index is 11.2. The molecule has 14 heavy (non-hydrogen) atoms. The van der Waals surface area contributed by atoms with Gasteiger partial charge in [-0.25, -0.2) is 0 Å². The second kappa shape index (κ2) is 7.42. The number of Topliss-reactive ketones (excluding diaryl/α,β-unsaturated/α-hetero) is 3. The molecule has 0 fully saturated rings. The highest BCUT2D eigenvalue weighted by molar-refractivity contribution is 5.99. The van der Waals surface area contributed by atoms with Gasteiger partial charge in [-0.05, 0) is 13.3 Å². The van der Waals surface area contributed by atoms with E-state index < -0.39 is 0 Å². The third kappa shape index (κ3) is 7.65. The minimum absolute atomic E-state index is 0.0267. The molecule has 0 unspecified atom stereocenters. The van der Waals surface area contributed by atoms with Gasteiger partial charge in [-0.2, -0.15) is 0 Å². The lowest BCUT2D eigenvalue weighted by Gasteiger charge is -1.98. The van der Waals surface area contributed by atoms with Crippen LogP contribution in [-0.2, 0) is 14.4 Å². The van der Waals surface area contributed by atoms with Gasteiger partial charge in [0.1, 0.15) is 17.3 Å². The van der Waals surface area contributed by atoms with Gasteiger partial charge in [0.25, 0.3) is 0 Å². The summed E-state index contributed by atoms with van der Waals surface area (Å²) >= 11 is 0. The normalized spacial score (nSPS) is 9.86. The molecule has 0 aromatic heterocycles. The third-order valence-electron chi connectivity index (χ3n) is 1.94. The Morgan fingerprint density at radius 3 is 2.00 bits per heavy atom. The van der Waals surface area contributed by atoms with E-state index in [2.05, 4.69) is 0 Å². The van der Waals surface area contributed by atoms with Crippen LogP contribution in [0, 0.1) is 0 Å². The highest BCUT2D eigenvalue weighted by Crippen LogP contribution is 2.03. The van der Waals surface area contributed by atoms with Gasteiger partial charge in [-0.1, -0.05) is 13.3 Å². The van der Waals surface area contributed by atoms with E-state index in [-0.39, 0.29) is 30.2 Å². The predicted molar refractivity (Wildman–Crippen MR) is 54.1 cm³/mol. The fourth-order valence-corrected chi connectivity index (χ4v) is 1.14. The Hall–Kier alpha value is -0.990. The van der Waals surface area contributed by atoms with Crippen LogP contribution >= 0.6 is 0 Å². The van der Waals surface area contributed by atoms with Gasteiger partial charge in [0.2, 0.25) is 0 Å². The number of rotatable bonds is 8. The van der Waals surface area contributed by atoms with Crippen LogP contribution in [0.3, 0.4) is 0 Å². The van der Waals surface area contributed by atoms with E-state index in [1.807, 2.05) is 6.92 Å². The lowest BCUT2D eigenvalue weighted by Crippen LogP contribution is -2.07. The standard InChI is InChI=1S/C11H18O3/c1-3-4-5-10(13)6-7-11(14)8-9(2)12/h3-8H2,1-2H3. The molecule has 0 aliphatic heterocycles. The van der Waals surface area contributed by atoms with E-state index in [1.165, 1.54) is 6.92 Å². The van der Waals surface area contributed by atoms with Crippen LogP contribution in [0.5, 0.6) is 0 Å². The van der Waals surface area contributed by atoms with Crippen molar-refractivity contribution < 1.29 is 14.4 Å². The van der Waals surface area contributed by atoms with Crippen LogP contribution in [0.1, 0.15) is 52.4 Å². The average Bonchev–Trinajstić information content (AvgIpc) is 2.10. The van der Waals surface area contributed by atoms with E-state index in [0.717, 1.165) is 12.8 Å². The molecule has 0 heterocycles. The summed E-state index contributed by atoms with van der Waals surface area (Å²) in [5, 5.41) is 0. The van der Waals surface area contributed by atoms with Crippen molar-refractivity contribution in [1.82, 2.24) is 0 Å². The van der Waals surface area contributed by atoms with Crippen LogP contribution < -0.4 is 0 Å². The van der Waals surface area contributed by atoms with Crippen molar-refractivity contribution in [2.45, 2.75) is 52.4 Å². The van der Waals surface area contributed by atoms with E-state index in [9.17, 15) is 14.4 Å². The summed E-state index contributed by atoms with van der Waals surface area (Å²) in [6.07, 6.45) is 2.94. The number of carbonyl (C=O) groups excluding carboxylic acids is 3. The number of hydrogen-bond acceptors (Lipinski definition) is 3. The van der Waals surface area contributed by atoms with Gasteiger partial charge in [0.05, 0.1) is 6.42 Å². The first kappa shape index (κ1) is 13.0. The predicted octanol–water partition coefficient (Wildman–Crippen LogP) is 2.07. The summed E-state index contributed by atoms with van der Waals surface area (Å²) < 4.78 is 0. The molecule has 0 aromatic rings. The number of ketones is 3. The van der Waals surface area contributed by atoms with Crippen LogP contribution in [0.15, 0.2) is 0 Å². The number of carbonyl (C=O) groups is 3. The average molecular weight is 198 g/mol. The smallest absolute Gasteiger partial charge is 0.140 e. The fourth-order valence-electron chi connectivity index (χ4n) is 1.14. The first-order chi connectivity index (χ1) is 6.56. The molecule has 0 bridgehead atoms. The Balaban J connectivity index is 3.56. The third-order valence-corrected chi connectivity index (χ3v) is 1.94. The number of unbranched alkanes of at least 4 members (excludes halogenated alkanes) is 1. The van der Waals surface area contributed by atoms with Gasteiger partial charge in [-0.3, -0.25) is 14.4 Å². The molecule has 0 spiro atoms. The maximum Gasteiger partial charge on any atom is 0.140 e. The molecule has 3 nitrogen and oxygen atoms in total. The van der Waals surface area contributed by atoms with Gasteiger partial charge in [0, 0.05) is 19.3 Å². The van der Waals surface area contributed by atoms with E-state index >= 15 is 0 Å². The Morgan fingerprint density at radius 2 is 1.50 bits per heavy atom. The lowest BCUT2D eigenvalue weighted by atomic mass is 10.1. The van der Waals surface area contributed by atoms with Crippen molar-refractivity contribution in [2.24, 2.45) is 0 Å². The first-order valence-electron chi connectivity index (χ1n) is 5.09. The van der Waals surface area contributed by atoms with Crippen molar-refractivity contribution in [3.8, 4) is 0 Å². The topological polar surface area (TPSA) is 51.2 Å². The first-order valence-corrected chi connectivity index (χ1v) is 5.09. The van der Waals surface area contributed by atoms with E-state index in [4.69, 9.17) is 0 Å². The van der Waals surface area contributed by atoms with Crippen LogP contribution in [0.25, 0.3) is 0 Å². The summed E-state index contributed by atoms with van der Waals surface area (Å²) in [6, 6.07) is 0. The molecule has 80 valence electrons. The number of hydrogen-bond donors (Lipinski definition) is 0. The summed E-state index contributed by atoms with van der Waals surface area (Å²) in [7, 11) is 0. The Labute approximate surface area is 84.9 Å². The quantitative estimate of drug-likeness (QED) is 0.561. The van der Waals surface area contributed by atoms with E-state index in [1.54, 1.807) is 0 Å². The van der Waals surface area contributed by atoms with Crippen LogP contribution in [-0.4, -0.2) is 17.3 Å².